The Kier molecular flexibility index (Phi) is 3.16. The molecule has 1 aromatic rings. The second-order valence-corrected chi connectivity index (χ2v) is 3.29. The molecular formula is C10H10ClNO. The van der Waals surface area contributed by atoms with Crippen LogP contribution >= 0.6 is 11.6 Å². The first-order chi connectivity index (χ1) is 6.15. The van der Waals surface area contributed by atoms with Crippen LogP contribution in [0.4, 0.5) is 0 Å². The van der Waals surface area contributed by atoms with Gasteiger partial charge in [-0.15, -0.1) is 0 Å². The SMILES string of the molecule is Cc1c(O)cc(CCC#N)cc1Cl. The van der Waals surface area contributed by atoms with Crippen LogP contribution in [0.25, 0.3) is 0 Å². The van der Waals surface area contributed by atoms with Gasteiger partial charge in [0.1, 0.15) is 5.75 Å². The van der Waals surface area contributed by atoms with Crippen molar-refractivity contribution in [1.82, 2.24) is 0 Å². The molecule has 1 N–H and O–H groups in total. The predicted octanol–water partition coefficient (Wildman–Crippen LogP) is 2.81. The van der Waals surface area contributed by atoms with E-state index in [9.17, 15) is 5.11 Å². The predicted molar refractivity (Wildman–Crippen MR) is 51.8 cm³/mol. The number of benzene rings is 1. The first kappa shape index (κ1) is 9.88. The van der Waals surface area contributed by atoms with Crippen molar-refractivity contribution in [2.45, 2.75) is 19.8 Å². The lowest BCUT2D eigenvalue weighted by Gasteiger charge is -2.04. The summed E-state index contributed by atoms with van der Waals surface area (Å²) in [6, 6.07) is 5.48. The lowest BCUT2D eigenvalue weighted by molar-refractivity contribution is 0.470. The Balaban J connectivity index is 2.94. The first-order valence-corrected chi connectivity index (χ1v) is 4.38. The van der Waals surface area contributed by atoms with E-state index < -0.39 is 0 Å². The topological polar surface area (TPSA) is 44.0 Å². The summed E-state index contributed by atoms with van der Waals surface area (Å²) in [5, 5.41) is 18.3. The number of aromatic hydroxyl groups is 1. The monoisotopic (exact) mass is 195 g/mol. The van der Waals surface area contributed by atoms with Gasteiger partial charge in [-0.05, 0) is 31.0 Å². The average molecular weight is 196 g/mol. The van der Waals surface area contributed by atoms with Gasteiger partial charge in [-0.2, -0.15) is 5.26 Å². The molecule has 0 amide bonds. The number of hydrogen-bond acceptors (Lipinski definition) is 2. The quantitative estimate of drug-likeness (QED) is 0.789. The van der Waals surface area contributed by atoms with Crippen LogP contribution in [-0.4, -0.2) is 5.11 Å². The molecule has 0 aliphatic rings. The molecule has 1 rings (SSSR count). The van der Waals surface area contributed by atoms with Crippen LogP contribution in [0.1, 0.15) is 17.5 Å². The Morgan fingerprint density at radius 2 is 2.23 bits per heavy atom. The van der Waals surface area contributed by atoms with Gasteiger partial charge in [0.15, 0.2) is 0 Å². The standard InChI is InChI=1S/C10H10ClNO/c1-7-9(11)5-8(3-2-4-12)6-10(7)13/h5-6,13H,2-3H2,1H3. The zero-order chi connectivity index (χ0) is 9.84. The highest BCUT2D eigenvalue weighted by molar-refractivity contribution is 6.31. The lowest BCUT2D eigenvalue weighted by atomic mass is 10.1. The molecule has 0 saturated carbocycles. The second kappa shape index (κ2) is 4.15. The molecule has 1 aromatic carbocycles. The Morgan fingerprint density at radius 3 is 2.77 bits per heavy atom. The molecule has 0 bridgehead atoms. The number of nitrogens with zero attached hydrogens (tertiary/aromatic N) is 1. The molecule has 0 aliphatic carbocycles. The average Bonchev–Trinajstić information content (AvgIpc) is 2.10. The first-order valence-electron chi connectivity index (χ1n) is 4.00. The molecule has 3 heteroatoms. The van der Waals surface area contributed by atoms with Crippen molar-refractivity contribution in [3.8, 4) is 11.8 Å². The van der Waals surface area contributed by atoms with Crippen LogP contribution in [-0.2, 0) is 6.42 Å². The molecule has 13 heavy (non-hydrogen) atoms. The van der Waals surface area contributed by atoms with E-state index in [1.54, 1.807) is 19.1 Å². The normalized spacial score (nSPS) is 9.62. The van der Waals surface area contributed by atoms with Gasteiger partial charge >= 0.3 is 0 Å². The smallest absolute Gasteiger partial charge is 0.120 e. The van der Waals surface area contributed by atoms with E-state index in [0.717, 1.165) is 5.56 Å². The third-order valence-corrected chi connectivity index (χ3v) is 2.29. The van der Waals surface area contributed by atoms with Gasteiger partial charge in [-0.3, -0.25) is 0 Å². The van der Waals surface area contributed by atoms with Crippen molar-refractivity contribution >= 4 is 11.6 Å². The molecule has 0 spiro atoms. The van der Waals surface area contributed by atoms with Crippen molar-refractivity contribution in [2.75, 3.05) is 0 Å². The lowest BCUT2D eigenvalue weighted by Crippen LogP contribution is -1.86. The summed E-state index contributed by atoms with van der Waals surface area (Å²) in [4.78, 5) is 0. The number of nitriles is 1. The molecule has 0 fully saturated rings. The molecule has 68 valence electrons. The molecule has 0 unspecified atom stereocenters. The minimum atomic E-state index is 0.195. The van der Waals surface area contributed by atoms with E-state index in [4.69, 9.17) is 16.9 Å². The zero-order valence-corrected chi connectivity index (χ0v) is 8.10. The van der Waals surface area contributed by atoms with Crippen molar-refractivity contribution in [3.63, 3.8) is 0 Å². The van der Waals surface area contributed by atoms with E-state index in [-0.39, 0.29) is 5.75 Å². The van der Waals surface area contributed by atoms with Gasteiger partial charge < -0.3 is 5.11 Å². The van der Waals surface area contributed by atoms with Crippen LogP contribution in [0.3, 0.4) is 0 Å². The van der Waals surface area contributed by atoms with Crippen LogP contribution in [0.2, 0.25) is 5.02 Å². The van der Waals surface area contributed by atoms with Gasteiger partial charge in [0.05, 0.1) is 6.07 Å². The fourth-order valence-electron chi connectivity index (χ4n) is 1.06. The van der Waals surface area contributed by atoms with Gasteiger partial charge in [-0.1, -0.05) is 11.6 Å². The number of aryl methyl sites for hydroxylation is 1. The third-order valence-electron chi connectivity index (χ3n) is 1.90. The fraction of sp³-hybridized carbons (Fsp3) is 0.300. The number of halogens is 1. The third kappa shape index (κ3) is 2.37. The van der Waals surface area contributed by atoms with Crippen LogP contribution in [0.15, 0.2) is 12.1 Å². The summed E-state index contributed by atoms with van der Waals surface area (Å²) in [6.07, 6.45) is 1.07. The summed E-state index contributed by atoms with van der Waals surface area (Å²) in [6.45, 7) is 1.76. The number of phenolic OH excluding ortho intramolecular Hbond substituents is 1. The highest BCUT2D eigenvalue weighted by Gasteiger charge is 2.03. The van der Waals surface area contributed by atoms with E-state index >= 15 is 0 Å². The summed E-state index contributed by atoms with van der Waals surface area (Å²) < 4.78 is 0. The fourth-order valence-corrected chi connectivity index (χ4v) is 1.30. The molecule has 0 saturated heterocycles. The number of rotatable bonds is 2. The number of hydrogen-bond donors (Lipinski definition) is 1. The van der Waals surface area contributed by atoms with Gasteiger partial charge in [-0.25, -0.2) is 0 Å². The molecule has 0 atom stereocenters. The largest absolute Gasteiger partial charge is 0.508 e. The van der Waals surface area contributed by atoms with E-state index in [2.05, 4.69) is 0 Å². The molecule has 0 aliphatic heterocycles. The molecule has 2 nitrogen and oxygen atoms in total. The maximum atomic E-state index is 9.41. The summed E-state index contributed by atoms with van der Waals surface area (Å²) >= 11 is 5.86. The van der Waals surface area contributed by atoms with Gasteiger partial charge in [0.2, 0.25) is 0 Å². The maximum absolute atomic E-state index is 9.41. The molecule has 0 aromatic heterocycles. The summed E-state index contributed by atoms with van der Waals surface area (Å²) in [5.74, 6) is 0.195. The highest BCUT2D eigenvalue weighted by atomic mass is 35.5. The van der Waals surface area contributed by atoms with Crippen LogP contribution in [0.5, 0.6) is 5.75 Å². The van der Waals surface area contributed by atoms with Crippen LogP contribution < -0.4 is 0 Å². The Labute approximate surface area is 82.4 Å². The minimum absolute atomic E-state index is 0.195. The summed E-state index contributed by atoms with van der Waals surface area (Å²) in [5.41, 5.74) is 1.58. The maximum Gasteiger partial charge on any atom is 0.120 e. The Hall–Kier alpha value is -1.20. The van der Waals surface area contributed by atoms with E-state index in [0.29, 0.717) is 23.4 Å². The molecular weight excluding hydrogens is 186 g/mol. The second-order valence-electron chi connectivity index (χ2n) is 2.88. The van der Waals surface area contributed by atoms with E-state index in [1.165, 1.54) is 0 Å². The van der Waals surface area contributed by atoms with Crippen molar-refractivity contribution in [2.24, 2.45) is 0 Å². The Bertz CT molecular complexity index is 331. The molecule has 0 heterocycles. The molecule has 0 radical (unpaired) electrons. The minimum Gasteiger partial charge on any atom is -0.508 e. The van der Waals surface area contributed by atoms with Gasteiger partial charge in [0.25, 0.3) is 0 Å². The summed E-state index contributed by atoms with van der Waals surface area (Å²) in [7, 11) is 0. The zero-order valence-electron chi connectivity index (χ0n) is 7.34. The van der Waals surface area contributed by atoms with Crippen LogP contribution in [0, 0.1) is 18.3 Å². The van der Waals surface area contributed by atoms with Crippen molar-refractivity contribution < 1.29 is 5.11 Å². The number of phenols is 1. The van der Waals surface area contributed by atoms with Gasteiger partial charge in [0, 0.05) is 17.0 Å². The van der Waals surface area contributed by atoms with Crippen molar-refractivity contribution in [1.29, 1.82) is 5.26 Å². The highest BCUT2D eigenvalue weighted by Crippen LogP contribution is 2.26. The Morgan fingerprint density at radius 1 is 1.54 bits per heavy atom. The van der Waals surface area contributed by atoms with E-state index in [1.807, 2.05) is 6.07 Å². The van der Waals surface area contributed by atoms with Crippen molar-refractivity contribution in [3.05, 3.63) is 28.3 Å².